The van der Waals surface area contributed by atoms with E-state index in [1.807, 2.05) is 0 Å². The van der Waals surface area contributed by atoms with Crippen LogP contribution in [0.4, 0.5) is 10.1 Å². The molecule has 10 heteroatoms. The van der Waals surface area contributed by atoms with Crippen molar-refractivity contribution in [2.24, 2.45) is 0 Å². The number of carbonyl (C=O) groups is 2. The Balaban J connectivity index is 1.71. The van der Waals surface area contributed by atoms with Crippen molar-refractivity contribution in [3.05, 3.63) is 84.2 Å². The SMILES string of the molecule is CCOC(=O)CNC(=O)c1ccc(S(=O)(=O)Nc2ccccc2Oc2ccc(F)cc2)cc1. The van der Waals surface area contributed by atoms with E-state index in [-0.39, 0.29) is 35.0 Å². The summed E-state index contributed by atoms with van der Waals surface area (Å²) < 4.78 is 51.6. The summed E-state index contributed by atoms with van der Waals surface area (Å²) in [4.78, 5) is 23.4. The average molecular weight is 472 g/mol. The molecule has 0 atom stereocenters. The summed E-state index contributed by atoms with van der Waals surface area (Å²) in [6.07, 6.45) is 0. The predicted octanol–water partition coefficient (Wildman–Crippen LogP) is 3.71. The molecular weight excluding hydrogens is 451 g/mol. The average Bonchev–Trinajstić information content (AvgIpc) is 2.80. The molecule has 0 aliphatic heterocycles. The fourth-order valence-corrected chi connectivity index (χ4v) is 3.80. The van der Waals surface area contributed by atoms with Gasteiger partial charge in [-0.05, 0) is 67.6 Å². The summed E-state index contributed by atoms with van der Waals surface area (Å²) in [6.45, 7) is 1.56. The number of esters is 1. The van der Waals surface area contributed by atoms with E-state index in [9.17, 15) is 22.4 Å². The lowest BCUT2D eigenvalue weighted by molar-refractivity contribution is -0.141. The molecule has 8 nitrogen and oxygen atoms in total. The highest BCUT2D eigenvalue weighted by atomic mass is 32.2. The van der Waals surface area contributed by atoms with Gasteiger partial charge in [0.05, 0.1) is 17.2 Å². The summed E-state index contributed by atoms with van der Waals surface area (Å²) in [7, 11) is -4.01. The van der Waals surface area contributed by atoms with Crippen molar-refractivity contribution in [1.82, 2.24) is 5.32 Å². The van der Waals surface area contributed by atoms with Crippen molar-refractivity contribution in [1.29, 1.82) is 0 Å². The van der Waals surface area contributed by atoms with E-state index in [4.69, 9.17) is 9.47 Å². The quantitative estimate of drug-likeness (QED) is 0.460. The summed E-state index contributed by atoms with van der Waals surface area (Å²) in [5.74, 6) is -0.980. The van der Waals surface area contributed by atoms with Crippen molar-refractivity contribution < 1.29 is 31.9 Å². The maximum absolute atomic E-state index is 13.1. The van der Waals surface area contributed by atoms with Crippen molar-refractivity contribution in [2.75, 3.05) is 17.9 Å². The Morgan fingerprint density at radius 3 is 2.27 bits per heavy atom. The van der Waals surface area contributed by atoms with Gasteiger partial charge < -0.3 is 14.8 Å². The number of carbonyl (C=O) groups excluding carboxylic acids is 2. The van der Waals surface area contributed by atoms with Gasteiger partial charge in [-0.15, -0.1) is 0 Å². The number of rotatable bonds is 9. The zero-order valence-electron chi connectivity index (χ0n) is 17.6. The highest BCUT2D eigenvalue weighted by molar-refractivity contribution is 7.92. The number of benzene rings is 3. The third-order valence-electron chi connectivity index (χ3n) is 4.30. The van der Waals surface area contributed by atoms with E-state index in [2.05, 4.69) is 10.0 Å². The lowest BCUT2D eigenvalue weighted by Gasteiger charge is -2.13. The van der Waals surface area contributed by atoms with E-state index in [0.717, 1.165) is 0 Å². The molecule has 0 aliphatic rings. The first-order chi connectivity index (χ1) is 15.8. The van der Waals surface area contributed by atoms with Crippen LogP contribution in [0.3, 0.4) is 0 Å². The van der Waals surface area contributed by atoms with Crippen LogP contribution in [0.1, 0.15) is 17.3 Å². The molecule has 0 radical (unpaired) electrons. The minimum Gasteiger partial charge on any atom is -0.465 e. The van der Waals surface area contributed by atoms with Crippen LogP contribution in [0, 0.1) is 5.82 Å². The van der Waals surface area contributed by atoms with Gasteiger partial charge in [0, 0.05) is 5.56 Å². The molecule has 0 saturated carbocycles. The molecular formula is C23H21FN2O6S. The first-order valence-corrected chi connectivity index (χ1v) is 11.4. The van der Waals surface area contributed by atoms with Crippen LogP contribution in [0.15, 0.2) is 77.7 Å². The minimum atomic E-state index is -4.01. The molecule has 3 rings (SSSR count). The summed E-state index contributed by atoms with van der Waals surface area (Å²) in [5, 5.41) is 2.40. The first-order valence-electron chi connectivity index (χ1n) is 9.87. The Hall–Kier alpha value is -3.92. The molecule has 0 aliphatic carbocycles. The molecule has 0 aromatic heterocycles. The number of halogens is 1. The van der Waals surface area contributed by atoms with Gasteiger partial charge in [-0.25, -0.2) is 12.8 Å². The van der Waals surface area contributed by atoms with E-state index >= 15 is 0 Å². The molecule has 0 heterocycles. The van der Waals surface area contributed by atoms with Gasteiger partial charge in [0.25, 0.3) is 15.9 Å². The predicted molar refractivity (Wildman–Crippen MR) is 119 cm³/mol. The maximum atomic E-state index is 13.1. The third kappa shape index (κ3) is 6.53. The summed E-state index contributed by atoms with van der Waals surface area (Å²) >= 11 is 0. The Kier molecular flexibility index (Phi) is 7.62. The van der Waals surface area contributed by atoms with Crippen LogP contribution in [0.25, 0.3) is 0 Å². The van der Waals surface area contributed by atoms with Gasteiger partial charge in [-0.3, -0.25) is 14.3 Å². The zero-order chi connectivity index (χ0) is 23.8. The number of nitrogens with one attached hydrogen (secondary N) is 2. The summed E-state index contributed by atoms with van der Waals surface area (Å²) in [5.41, 5.74) is 0.358. The maximum Gasteiger partial charge on any atom is 0.325 e. The Labute approximate surface area is 190 Å². The fraction of sp³-hybridized carbons (Fsp3) is 0.130. The Bertz CT molecular complexity index is 1230. The van der Waals surface area contributed by atoms with Crippen LogP contribution in [0.2, 0.25) is 0 Å². The molecule has 0 saturated heterocycles. The van der Waals surface area contributed by atoms with Crippen molar-refractivity contribution in [2.45, 2.75) is 11.8 Å². The van der Waals surface area contributed by atoms with Crippen molar-refractivity contribution in [3.63, 3.8) is 0 Å². The molecule has 33 heavy (non-hydrogen) atoms. The molecule has 0 bridgehead atoms. The van der Waals surface area contributed by atoms with E-state index in [0.29, 0.717) is 5.75 Å². The number of ether oxygens (including phenoxy) is 2. The molecule has 2 N–H and O–H groups in total. The Morgan fingerprint density at radius 1 is 0.939 bits per heavy atom. The number of para-hydroxylation sites is 2. The molecule has 0 spiro atoms. The number of hydrogen-bond donors (Lipinski definition) is 2. The Morgan fingerprint density at radius 2 is 1.61 bits per heavy atom. The second kappa shape index (κ2) is 10.6. The standard InChI is InChI=1S/C23H21FN2O6S/c1-2-31-22(27)15-25-23(28)16-7-13-19(14-8-16)33(29,30)26-20-5-3-4-6-21(20)32-18-11-9-17(24)10-12-18/h3-14,26H,2,15H2,1H3,(H,25,28). The van der Waals surface area contributed by atoms with Crippen LogP contribution >= 0.6 is 0 Å². The highest BCUT2D eigenvalue weighted by Gasteiger charge is 2.18. The zero-order valence-corrected chi connectivity index (χ0v) is 18.4. The van der Waals surface area contributed by atoms with Crippen LogP contribution in [0.5, 0.6) is 11.5 Å². The number of hydrogen-bond acceptors (Lipinski definition) is 6. The first kappa shape index (κ1) is 23.7. The monoisotopic (exact) mass is 472 g/mol. The van der Waals surface area contributed by atoms with Gasteiger partial charge in [0.2, 0.25) is 0 Å². The van der Waals surface area contributed by atoms with Gasteiger partial charge >= 0.3 is 5.97 Å². The normalized spacial score (nSPS) is 10.8. The number of anilines is 1. The van der Waals surface area contributed by atoms with Crippen molar-refractivity contribution >= 4 is 27.6 Å². The second-order valence-electron chi connectivity index (χ2n) is 6.67. The molecule has 3 aromatic carbocycles. The second-order valence-corrected chi connectivity index (χ2v) is 8.35. The van der Waals surface area contributed by atoms with Gasteiger partial charge in [0.15, 0.2) is 5.75 Å². The fourth-order valence-electron chi connectivity index (χ4n) is 2.73. The van der Waals surface area contributed by atoms with Crippen LogP contribution in [-0.2, 0) is 19.6 Å². The topological polar surface area (TPSA) is 111 Å². The van der Waals surface area contributed by atoms with E-state index < -0.39 is 27.7 Å². The van der Waals surface area contributed by atoms with Gasteiger partial charge in [-0.1, -0.05) is 12.1 Å². The highest BCUT2D eigenvalue weighted by Crippen LogP contribution is 2.31. The van der Waals surface area contributed by atoms with Crippen LogP contribution in [-0.4, -0.2) is 33.4 Å². The molecule has 1 amide bonds. The van der Waals surface area contributed by atoms with Gasteiger partial charge in [0.1, 0.15) is 18.1 Å². The lowest BCUT2D eigenvalue weighted by Crippen LogP contribution is -2.30. The molecule has 3 aromatic rings. The number of sulfonamides is 1. The van der Waals surface area contributed by atoms with E-state index in [1.54, 1.807) is 25.1 Å². The van der Waals surface area contributed by atoms with Crippen LogP contribution < -0.4 is 14.8 Å². The molecule has 172 valence electrons. The van der Waals surface area contributed by atoms with Crippen molar-refractivity contribution in [3.8, 4) is 11.5 Å². The molecule has 0 unspecified atom stereocenters. The van der Waals surface area contributed by atoms with E-state index in [1.165, 1.54) is 54.6 Å². The van der Waals surface area contributed by atoms with Gasteiger partial charge in [-0.2, -0.15) is 0 Å². The third-order valence-corrected chi connectivity index (χ3v) is 5.68. The number of amides is 1. The summed E-state index contributed by atoms with van der Waals surface area (Å²) in [6, 6.07) is 16.9. The largest absolute Gasteiger partial charge is 0.465 e. The molecule has 0 fully saturated rings. The lowest BCUT2D eigenvalue weighted by atomic mass is 10.2. The minimum absolute atomic E-state index is 0.0824. The smallest absolute Gasteiger partial charge is 0.325 e.